The van der Waals surface area contributed by atoms with Crippen LogP contribution in [-0.2, 0) is 9.47 Å². The molecule has 0 aliphatic carbocycles. The fourth-order valence-corrected chi connectivity index (χ4v) is 3.28. The van der Waals surface area contributed by atoms with Gasteiger partial charge >= 0.3 is 0 Å². The standard InChI is InChI=1S/C13H17BrClNO2/c1-8-3-2-4-10(14)12-6-11(15)13(18-12)5-9(7-16)17-8/h2-3,8-13H,4-6H2,1H3/b3-2+/t8-,9+,10-,11+,12-,13+/m0/s1. The predicted molar refractivity (Wildman–Crippen MR) is 74.0 cm³/mol. The van der Waals surface area contributed by atoms with Crippen molar-refractivity contribution in [3.8, 4) is 6.07 Å². The molecule has 0 aromatic carbocycles. The molecule has 100 valence electrons. The number of rotatable bonds is 0. The summed E-state index contributed by atoms with van der Waals surface area (Å²) in [5.41, 5.74) is 0. The highest BCUT2D eigenvalue weighted by Gasteiger charge is 2.38. The molecule has 3 nitrogen and oxygen atoms in total. The number of hydrogen-bond acceptors (Lipinski definition) is 3. The molecule has 1 saturated heterocycles. The topological polar surface area (TPSA) is 42.2 Å². The first-order chi connectivity index (χ1) is 8.60. The summed E-state index contributed by atoms with van der Waals surface area (Å²) in [5, 5.41) is 9.08. The third-order valence-electron chi connectivity index (χ3n) is 3.35. The highest BCUT2D eigenvalue weighted by atomic mass is 79.9. The molecular formula is C13H17BrClNO2. The van der Waals surface area contributed by atoms with Crippen molar-refractivity contribution in [1.82, 2.24) is 0 Å². The van der Waals surface area contributed by atoms with E-state index >= 15 is 0 Å². The predicted octanol–water partition coefficient (Wildman–Crippen LogP) is 3.16. The van der Waals surface area contributed by atoms with Crippen molar-refractivity contribution in [3.63, 3.8) is 0 Å². The normalized spacial score (nSPS) is 47.0. The lowest BCUT2D eigenvalue weighted by Crippen LogP contribution is -2.27. The maximum atomic E-state index is 9.12. The van der Waals surface area contributed by atoms with Crippen molar-refractivity contribution < 1.29 is 9.47 Å². The zero-order valence-corrected chi connectivity index (χ0v) is 12.6. The zero-order chi connectivity index (χ0) is 13.1. The largest absolute Gasteiger partial charge is 0.372 e. The van der Waals surface area contributed by atoms with Gasteiger partial charge in [-0.15, -0.1) is 11.6 Å². The van der Waals surface area contributed by atoms with Gasteiger partial charge in [-0.2, -0.15) is 5.26 Å². The van der Waals surface area contributed by atoms with E-state index in [-0.39, 0.29) is 28.5 Å². The Hall–Kier alpha value is -0.0800. The first-order valence-electron chi connectivity index (χ1n) is 6.25. The van der Waals surface area contributed by atoms with E-state index in [9.17, 15) is 0 Å². The molecule has 0 spiro atoms. The van der Waals surface area contributed by atoms with E-state index in [1.165, 1.54) is 0 Å². The lowest BCUT2D eigenvalue weighted by molar-refractivity contribution is -0.00702. The van der Waals surface area contributed by atoms with Crippen LogP contribution in [0.3, 0.4) is 0 Å². The van der Waals surface area contributed by atoms with Gasteiger partial charge in [0.25, 0.3) is 0 Å². The van der Waals surface area contributed by atoms with Crippen molar-refractivity contribution in [3.05, 3.63) is 12.2 Å². The van der Waals surface area contributed by atoms with Gasteiger partial charge in [0, 0.05) is 11.2 Å². The SMILES string of the molecule is C[C@H]1/C=C/C[C@H](Br)[C@@H]2C[C@@H](Cl)[C@@H](C[C@H](C#N)O1)O2. The quantitative estimate of drug-likeness (QED) is 0.505. The summed E-state index contributed by atoms with van der Waals surface area (Å²) in [5.74, 6) is 0. The molecule has 2 aliphatic rings. The minimum Gasteiger partial charge on any atom is -0.372 e. The minimum absolute atomic E-state index is 0.0341. The lowest BCUT2D eigenvalue weighted by atomic mass is 10.1. The summed E-state index contributed by atoms with van der Waals surface area (Å²) in [6, 6.07) is 2.18. The van der Waals surface area contributed by atoms with Crippen LogP contribution in [-0.4, -0.2) is 34.6 Å². The third kappa shape index (κ3) is 3.48. The van der Waals surface area contributed by atoms with Gasteiger partial charge in [-0.1, -0.05) is 28.1 Å². The summed E-state index contributed by atoms with van der Waals surface area (Å²) in [6.45, 7) is 1.94. The van der Waals surface area contributed by atoms with Crippen LogP contribution in [0.25, 0.3) is 0 Å². The molecule has 0 radical (unpaired) electrons. The van der Waals surface area contributed by atoms with Gasteiger partial charge in [-0.25, -0.2) is 0 Å². The molecule has 2 aliphatic heterocycles. The number of fused-ring (bicyclic) bond motifs is 2. The zero-order valence-electron chi connectivity index (χ0n) is 10.3. The molecule has 0 aromatic rings. The van der Waals surface area contributed by atoms with Gasteiger partial charge in [0.2, 0.25) is 0 Å². The van der Waals surface area contributed by atoms with Crippen molar-refractivity contribution in [2.24, 2.45) is 0 Å². The Balaban J connectivity index is 2.13. The van der Waals surface area contributed by atoms with Gasteiger partial charge in [0.1, 0.15) is 6.10 Å². The first-order valence-corrected chi connectivity index (χ1v) is 7.60. The molecule has 5 heteroatoms. The smallest absolute Gasteiger partial charge is 0.147 e. The molecule has 2 rings (SSSR count). The van der Waals surface area contributed by atoms with E-state index in [1.807, 2.05) is 13.0 Å². The fourth-order valence-electron chi connectivity index (χ4n) is 2.38. The van der Waals surface area contributed by atoms with Crippen molar-refractivity contribution in [1.29, 1.82) is 5.26 Å². The molecule has 2 heterocycles. The van der Waals surface area contributed by atoms with Crippen LogP contribution in [0.1, 0.15) is 26.2 Å². The van der Waals surface area contributed by atoms with Crippen LogP contribution in [0.15, 0.2) is 12.2 Å². The van der Waals surface area contributed by atoms with E-state index in [4.69, 9.17) is 26.3 Å². The Morgan fingerprint density at radius 2 is 2.11 bits per heavy atom. The second-order valence-electron chi connectivity index (χ2n) is 4.84. The number of hydrogen-bond donors (Lipinski definition) is 0. The second-order valence-corrected chi connectivity index (χ2v) is 6.58. The second kappa shape index (κ2) is 6.38. The Labute approximate surface area is 121 Å². The third-order valence-corrected chi connectivity index (χ3v) is 4.77. The van der Waals surface area contributed by atoms with Crippen molar-refractivity contribution in [2.45, 2.75) is 60.8 Å². The Kier molecular flexibility index (Phi) is 5.08. The van der Waals surface area contributed by atoms with Gasteiger partial charge in [0.05, 0.1) is 29.8 Å². The fraction of sp³-hybridized carbons (Fsp3) is 0.769. The van der Waals surface area contributed by atoms with Gasteiger partial charge in [0.15, 0.2) is 0 Å². The van der Waals surface area contributed by atoms with Crippen LogP contribution in [0.4, 0.5) is 0 Å². The van der Waals surface area contributed by atoms with Crippen molar-refractivity contribution >= 4 is 27.5 Å². The van der Waals surface area contributed by atoms with Crippen LogP contribution in [0.5, 0.6) is 0 Å². The molecule has 0 unspecified atom stereocenters. The highest BCUT2D eigenvalue weighted by Crippen LogP contribution is 2.34. The van der Waals surface area contributed by atoms with Crippen LogP contribution in [0, 0.1) is 11.3 Å². The molecular weight excluding hydrogens is 318 g/mol. The van der Waals surface area contributed by atoms with E-state index < -0.39 is 6.10 Å². The van der Waals surface area contributed by atoms with Gasteiger partial charge < -0.3 is 9.47 Å². The number of nitriles is 1. The molecule has 2 bridgehead atoms. The Morgan fingerprint density at radius 3 is 2.83 bits per heavy atom. The number of nitrogens with zero attached hydrogens (tertiary/aromatic N) is 1. The summed E-state index contributed by atoms with van der Waals surface area (Å²) in [4.78, 5) is 0.269. The average molecular weight is 335 g/mol. The molecule has 1 fully saturated rings. The maximum absolute atomic E-state index is 9.12. The monoisotopic (exact) mass is 333 g/mol. The Morgan fingerprint density at radius 1 is 1.33 bits per heavy atom. The van der Waals surface area contributed by atoms with Gasteiger partial charge in [-0.3, -0.25) is 0 Å². The number of allylic oxidation sites excluding steroid dienone is 1. The van der Waals surface area contributed by atoms with E-state index in [0.29, 0.717) is 6.42 Å². The van der Waals surface area contributed by atoms with E-state index in [1.54, 1.807) is 0 Å². The summed E-state index contributed by atoms with van der Waals surface area (Å²) >= 11 is 9.95. The van der Waals surface area contributed by atoms with E-state index in [0.717, 1.165) is 12.8 Å². The van der Waals surface area contributed by atoms with E-state index in [2.05, 4.69) is 28.1 Å². The first kappa shape index (κ1) is 14.3. The summed E-state index contributed by atoms with van der Waals surface area (Å²) in [7, 11) is 0. The highest BCUT2D eigenvalue weighted by molar-refractivity contribution is 9.09. The molecule has 6 atom stereocenters. The molecule has 0 N–H and O–H groups in total. The number of halogens is 2. The summed E-state index contributed by atoms with van der Waals surface area (Å²) in [6.07, 6.45) is 5.83. The van der Waals surface area contributed by atoms with Crippen molar-refractivity contribution in [2.75, 3.05) is 0 Å². The van der Waals surface area contributed by atoms with Gasteiger partial charge in [-0.05, 0) is 19.8 Å². The van der Waals surface area contributed by atoms with Crippen LogP contribution < -0.4 is 0 Å². The molecule has 0 aromatic heterocycles. The molecule has 18 heavy (non-hydrogen) atoms. The average Bonchev–Trinajstić information content (AvgIpc) is 2.68. The van der Waals surface area contributed by atoms with Crippen LogP contribution >= 0.6 is 27.5 Å². The number of ether oxygens (including phenoxy) is 2. The molecule has 0 amide bonds. The maximum Gasteiger partial charge on any atom is 0.147 e. The Bertz CT molecular complexity index is 357. The summed E-state index contributed by atoms with van der Waals surface area (Å²) < 4.78 is 11.6. The minimum atomic E-state index is -0.457. The molecule has 0 saturated carbocycles. The number of alkyl halides is 2. The lowest BCUT2D eigenvalue weighted by Gasteiger charge is -2.20. The van der Waals surface area contributed by atoms with Crippen LogP contribution in [0.2, 0.25) is 0 Å².